The predicted octanol–water partition coefficient (Wildman–Crippen LogP) is 3.45. The Bertz CT molecular complexity index is 481. The van der Waals surface area contributed by atoms with E-state index in [-0.39, 0.29) is 49.9 Å². The van der Waals surface area contributed by atoms with Gasteiger partial charge in [-0.2, -0.15) is 0 Å². The van der Waals surface area contributed by atoms with Crippen LogP contribution in [0.1, 0.15) is 44.2 Å². The van der Waals surface area contributed by atoms with Crippen LogP contribution in [0.3, 0.4) is 0 Å². The maximum atomic E-state index is 5.75. The molecule has 0 saturated heterocycles. The molecule has 1 aliphatic rings. The van der Waals surface area contributed by atoms with Gasteiger partial charge in [0.15, 0.2) is 11.5 Å². The number of unbranched alkanes of at least 4 members (excludes halogenated alkanes) is 1. The molecule has 1 aromatic rings. The number of hydrogen-bond donors (Lipinski definition) is 0. The first kappa shape index (κ1) is 23.3. The summed E-state index contributed by atoms with van der Waals surface area (Å²) in [6, 6.07) is 4.12. The van der Waals surface area contributed by atoms with Crippen molar-refractivity contribution in [2.75, 3.05) is 39.8 Å². The van der Waals surface area contributed by atoms with E-state index >= 15 is 0 Å². The van der Waals surface area contributed by atoms with E-state index in [9.17, 15) is 0 Å². The van der Waals surface area contributed by atoms with Gasteiger partial charge in [0.1, 0.15) is 0 Å². The zero-order valence-electron chi connectivity index (χ0n) is 15.0. The monoisotopic (exact) mass is 562 g/mol. The summed E-state index contributed by atoms with van der Waals surface area (Å²) < 4.78 is 27.6. The summed E-state index contributed by atoms with van der Waals surface area (Å²) in [7, 11) is 0. The first-order valence-electron chi connectivity index (χ1n) is 8.99. The van der Waals surface area contributed by atoms with Gasteiger partial charge in [0.25, 0.3) is 0 Å². The van der Waals surface area contributed by atoms with Gasteiger partial charge in [-0.25, -0.2) is 0 Å². The van der Waals surface area contributed by atoms with Gasteiger partial charge in [-0.15, -0.1) is 0 Å². The standard InChI is InChI=1S/C19H30O5.Fr.H/c1-3-5-7-20-8-9-21-10-11-22-14-17-13-19-18(23-15-24-19)12-16(17)6-4-2;;/h12-13H,3-11,14-15H2,1-2H3;;. The van der Waals surface area contributed by atoms with Crippen molar-refractivity contribution in [1.82, 2.24) is 0 Å². The van der Waals surface area contributed by atoms with Gasteiger partial charge in [0, 0.05) is 6.61 Å². The van der Waals surface area contributed by atoms with Gasteiger partial charge in [0.05, 0.1) is 33.0 Å². The van der Waals surface area contributed by atoms with E-state index in [4.69, 9.17) is 23.7 Å². The van der Waals surface area contributed by atoms with E-state index in [1.807, 2.05) is 6.07 Å². The van der Waals surface area contributed by atoms with Crippen LogP contribution in [0.5, 0.6) is 11.5 Å². The van der Waals surface area contributed by atoms with Crippen LogP contribution in [-0.2, 0) is 27.2 Å². The molecule has 0 radical (unpaired) electrons. The van der Waals surface area contributed by atoms with Gasteiger partial charge >= 0.3 is 49.9 Å². The molecular weight excluding hydrogens is 531 g/mol. The summed E-state index contributed by atoms with van der Waals surface area (Å²) in [5, 5.41) is 0. The number of ether oxygens (including phenoxy) is 5. The van der Waals surface area contributed by atoms with Crippen LogP contribution in [0.15, 0.2) is 12.1 Å². The molecular formula is C19H31FrO5. The van der Waals surface area contributed by atoms with E-state index in [2.05, 4.69) is 19.9 Å². The average molecular weight is 562 g/mol. The summed E-state index contributed by atoms with van der Waals surface area (Å²) in [5.74, 6) is 1.66. The molecule has 138 valence electrons. The van der Waals surface area contributed by atoms with Crippen LogP contribution in [0.4, 0.5) is 0 Å². The third kappa shape index (κ3) is 8.68. The van der Waals surface area contributed by atoms with Gasteiger partial charge in [-0.3, -0.25) is 0 Å². The second kappa shape index (κ2) is 14.4. The zero-order valence-corrected chi connectivity index (χ0v) is 15.0. The normalized spacial score (nSPS) is 12.2. The van der Waals surface area contributed by atoms with Crippen molar-refractivity contribution in [3.05, 3.63) is 23.3 Å². The SMILES string of the molecule is CCCCOCCOCCOCc1cc2c(cc1CCC)OCO2.[FrH]. The van der Waals surface area contributed by atoms with Crippen molar-refractivity contribution in [2.24, 2.45) is 0 Å². The molecule has 25 heavy (non-hydrogen) atoms. The predicted molar refractivity (Wildman–Crippen MR) is 94.2 cm³/mol. The fourth-order valence-electron chi connectivity index (χ4n) is 2.53. The third-order valence-electron chi connectivity index (χ3n) is 3.86. The number of hydrogen-bond acceptors (Lipinski definition) is 5. The zero-order chi connectivity index (χ0) is 17.0. The first-order valence-corrected chi connectivity index (χ1v) is 8.99. The second-order valence-electron chi connectivity index (χ2n) is 5.86. The summed E-state index contributed by atoms with van der Waals surface area (Å²) in [6.45, 7) is 8.47. The molecule has 1 aliphatic heterocycles. The Hall–Kier alpha value is 0.297. The minimum atomic E-state index is 0. The Labute approximate surface area is 192 Å². The van der Waals surface area contributed by atoms with Crippen molar-refractivity contribution in [1.29, 1.82) is 0 Å². The summed E-state index contributed by atoms with van der Waals surface area (Å²) in [5.41, 5.74) is 2.44. The van der Waals surface area contributed by atoms with Crippen LogP contribution in [-0.4, -0.2) is 39.8 Å². The molecule has 0 atom stereocenters. The van der Waals surface area contributed by atoms with Gasteiger partial charge in [0.2, 0.25) is 6.79 Å². The van der Waals surface area contributed by atoms with Crippen molar-refractivity contribution < 1.29 is 73.6 Å². The average Bonchev–Trinajstić information content (AvgIpc) is 3.04. The molecule has 2 rings (SSSR count). The van der Waals surface area contributed by atoms with Crippen molar-refractivity contribution in [2.45, 2.75) is 46.1 Å². The molecule has 5 nitrogen and oxygen atoms in total. The van der Waals surface area contributed by atoms with Crippen LogP contribution in [0.2, 0.25) is 0 Å². The number of fused-ring (bicyclic) bond motifs is 1. The molecule has 0 fully saturated rings. The van der Waals surface area contributed by atoms with Crippen LogP contribution in [0, 0.1) is 49.9 Å². The Morgan fingerprint density at radius 1 is 0.800 bits per heavy atom. The fourth-order valence-corrected chi connectivity index (χ4v) is 2.53. The van der Waals surface area contributed by atoms with E-state index < -0.39 is 0 Å². The van der Waals surface area contributed by atoms with Gasteiger partial charge in [-0.1, -0.05) is 26.7 Å². The van der Waals surface area contributed by atoms with E-state index in [1.54, 1.807) is 0 Å². The van der Waals surface area contributed by atoms with Crippen LogP contribution >= 0.6 is 0 Å². The van der Waals surface area contributed by atoms with Gasteiger partial charge < -0.3 is 23.7 Å². The molecule has 0 aliphatic carbocycles. The Kier molecular flexibility index (Phi) is 13.4. The summed E-state index contributed by atoms with van der Waals surface area (Å²) in [6.07, 6.45) is 4.38. The quantitative estimate of drug-likeness (QED) is 0.345. The molecule has 0 spiro atoms. The number of benzene rings is 1. The molecule has 0 bridgehead atoms. The summed E-state index contributed by atoms with van der Waals surface area (Å²) >= 11 is 0. The van der Waals surface area contributed by atoms with E-state index in [0.29, 0.717) is 39.8 Å². The Balaban J connectivity index is 0.00000312. The van der Waals surface area contributed by atoms with E-state index in [1.165, 1.54) is 11.1 Å². The molecule has 0 saturated carbocycles. The van der Waals surface area contributed by atoms with Crippen LogP contribution < -0.4 is 9.47 Å². The maximum absolute atomic E-state index is 5.75. The van der Waals surface area contributed by atoms with Crippen molar-refractivity contribution >= 4 is 0 Å². The summed E-state index contributed by atoms with van der Waals surface area (Å²) in [4.78, 5) is 0. The molecule has 1 aromatic carbocycles. The van der Waals surface area contributed by atoms with Crippen molar-refractivity contribution in [3.8, 4) is 11.5 Å². The van der Waals surface area contributed by atoms with E-state index in [0.717, 1.165) is 43.8 Å². The molecule has 0 aromatic heterocycles. The van der Waals surface area contributed by atoms with Crippen molar-refractivity contribution in [3.63, 3.8) is 0 Å². The molecule has 0 amide bonds. The molecule has 0 N–H and O–H groups in total. The fraction of sp³-hybridized carbons (Fsp3) is 0.684. The minimum absolute atomic E-state index is 0. The van der Waals surface area contributed by atoms with Gasteiger partial charge in [-0.05, 0) is 36.1 Å². The third-order valence-corrected chi connectivity index (χ3v) is 3.86. The second-order valence-corrected chi connectivity index (χ2v) is 5.86. The first-order chi connectivity index (χ1) is 11.8. The topological polar surface area (TPSA) is 46.2 Å². The Morgan fingerprint density at radius 3 is 2.04 bits per heavy atom. The molecule has 0 unspecified atom stereocenters. The molecule has 6 heteroatoms. The molecule has 1 heterocycles. The van der Waals surface area contributed by atoms with Crippen LogP contribution in [0.25, 0.3) is 0 Å². The number of aryl methyl sites for hydroxylation is 1. The number of rotatable bonds is 13. The Morgan fingerprint density at radius 2 is 1.40 bits per heavy atom.